The second kappa shape index (κ2) is 6.99. The summed E-state index contributed by atoms with van der Waals surface area (Å²) in [6, 6.07) is 12.1. The number of anilines is 1. The Bertz CT molecular complexity index is 790. The van der Waals surface area contributed by atoms with Gasteiger partial charge in [0.1, 0.15) is 0 Å². The van der Waals surface area contributed by atoms with Crippen molar-refractivity contribution in [2.45, 2.75) is 11.8 Å². The van der Waals surface area contributed by atoms with E-state index in [0.29, 0.717) is 10.7 Å². The van der Waals surface area contributed by atoms with Crippen LogP contribution in [-0.2, 0) is 10.0 Å². The summed E-state index contributed by atoms with van der Waals surface area (Å²) < 4.78 is 25.5. The highest BCUT2D eigenvalue weighted by Gasteiger charge is 2.22. The molecule has 6 nitrogen and oxygen atoms in total. The Hall–Kier alpha value is -2.09. The van der Waals surface area contributed by atoms with Gasteiger partial charge in [-0.05, 0) is 43.3 Å². The molecular formula is C15H16ClN3O3S. The van der Waals surface area contributed by atoms with Crippen LogP contribution in [0.25, 0.3) is 0 Å². The molecule has 0 aliphatic carbocycles. The first-order chi connectivity index (χ1) is 10.8. The number of hydrogen-bond acceptors (Lipinski definition) is 3. The number of amides is 2. The third-order valence-electron chi connectivity index (χ3n) is 3.04. The van der Waals surface area contributed by atoms with Crippen LogP contribution in [0.15, 0.2) is 53.4 Å². The molecule has 0 fully saturated rings. The van der Waals surface area contributed by atoms with Gasteiger partial charge in [0, 0.05) is 17.8 Å². The van der Waals surface area contributed by atoms with E-state index in [9.17, 15) is 13.2 Å². The lowest BCUT2D eigenvalue weighted by molar-refractivity contribution is 0.237. The monoisotopic (exact) mass is 353 g/mol. The number of urea groups is 1. The first-order valence-electron chi connectivity index (χ1n) is 6.68. The molecule has 0 aliphatic heterocycles. The second-order valence-electron chi connectivity index (χ2n) is 4.86. The fourth-order valence-corrected chi connectivity index (χ4v) is 2.89. The maximum Gasteiger partial charge on any atom is 0.334 e. The second-order valence-corrected chi connectivity index (χ2v) is 7.26. The molecule has 122 valence electrons. The van der Waals surface area contributed by atoms with Crippen molar-refractivity contribution in [1.82, 2.24) is 9.84 Å². The summed E-state index contributed by atoms with van der Waals surface area (Å²) in [6.07, 6.45) is 0. The van der Waals surface area contributed by atoms with E-state index in [1.54, 1.807) is 36.4 Å². The molecule has 0 atom stereocenters. The van der Waals surface area contributed by atoms with E-state index < -0.39 is 16.1 Å². The van der Waals surface area contributed by atoms with E-state index in [-0.39, 0.29) is 4.90 Å². The Kier molecular flexibility index (Phi) is 5.25. The number of sulfonamides is 1. The smallest absolute Gasteiger partial charge is 0.307 e. The fourth-order valence-electron chi connectivity index (χ4n) is 1.76. The minimum Gasteiger partial charge on any atom is -0.307 e. The van der Waals surface area contributed by atoms with Crippen molar-refractivity contribution in [2.24, 2.45) is 0 Å². The van der Waals surface area contributed by atoms with E-state index >= 15 is 0 Å². The maximum absolute atomic E-state index is 12.3. The summed E-state index contributed by atoms with van der Waals surface area (Å²) in [5, 5.41) is 3.05. The molecule has 0 saturated carbocycles. The van der Waals surface area contributed by atoms with Gasteiger partial charge < -0.3 is 5.32 Å². The molecule has 0 aliphatic rings. The van der Waals surface area contributed by atoms with Gasteiger partial charge in [0.15, 0.2) is 0 Å². The molecule has 2 aromatic carbocycles. The van der Waals surface area contributed by atoms with Crippen molar-refractivity contribution < 1.29 is 13.2 Å². The standard InChI is InChI=1S/C15H16ClN3O3S/c1-11-3-9-14(10-4-11)23(21,22)19(2)18-15(20)17-13-7-5-12(16)6-8-13/h3-10H,1-2H3,(H2,17,18,20). The highest BCUT2D eigenvalue weighted by atomic mass is 35.5. The quantitative estimate of drug-likeness (QED) is 0.829. The summed E-state index contributed by atoms with van der Waals surface area (Å²) in [5.41, 5.74) is 3.70. The molecule has 2 amide bonds. The number of aryl methyl sites for hydroxylation is 1. The van der Waals surface area contributed by atoms with E-state index in [0.717, 1.165) is 9.98 Å². The number of carbonyl (C=O) groups excluding carboxylic acids is 1. The molecule has 0 spiro atoms. The first kappa shape index (κ1) is 17.3. The van der Waals surface area contributed by atoms with Gasteiger partial charge in [0.25, 0.3) is 10.0 Å². The minimum atomic E-state index is -3.81. The summed E-state index contributed by atoms with van der Waals surface area (Å²) >= 11 is 5.76. The van der Waals surface area contributed by atoms with Crippen LogP contribution in [0.3, 0.4) is 0 Å². The summed E-state index contributed by atoms with van der Waals surface area (Å²) in [6.45, 7) is 1.86. The van der Waals surface area contributed by atoms with Gasteiger partial charge in [0.05, 0.1) is 4.90 Å². The van der Waals surface area contributed by atoms with E-state index in [1.165, 1.54) is 19.2 Å². The Morgan fingerprint density at radius 3 is 2.17 bits per heavy atom. The van der Waals surface area contributed by atoms with Crippen LogP contribution < -0.4 is 10.7 Å². The van der Waals surface area contributed by atoms with E-state index in [4.69, 9.17) is 11.6 Å². The van der Waals surface area contributed by atoms with Crippen molar-refractivity contribution in [3.8, 4) is 0 Å². The highest BCUT2D eigenvalue weighted by molar-refractivity contribution is 7.89. The summed E-state index contributed by atoms with van der Waals surface area (Å²) in [4.78, 5) is 12.0. The lowest BCUT2D eigenvalue weighted by Crippen LogP contribution is -2.45. The van der Waals surface area contributed by atoms with Crippen LogP contribution in [-0.4, -0.2) is 25.9 Å². The van der Waals surface area contributed by atoms with Crippen molar-refractivity contribution >= 4 is 33.3 Å². The Labute approximate surface area is 140 Å². The molecule has 0 bridgehead atoms. The molecule has 2 N–H and O–H groups in total. The zero-order chi connectivity index (χ0) is 17.0. The molecule has 2 aromatic rings. The zero-order valence-corrected chi connectivity index (χ0v) is 14.1. The summed E-state index contributed by atoms with van der Waals surface area (Å²) in [7, 11) is -2.55. The fraction of sp³-hybridized carbons (Fsp3) is 0.133. The van der Waals surface area contributed by atoms with Gasteiger partial charge in [0.2, 0.25) is 0 Å². The van der Waals surface area contributed by atoms with Gasteiger partial charge in [-0.3, -0.25) is 5.43 Å². The lowest BCUT2D eigenvalue weighted by atomic mass is 10.2. The number of nitrogens with zero attached hydrogens (tertiary/aromatic N) is 1. The Balaban J connectivity index is 2.05. The van der Waals surface area contributed by atoms with Gasteiger partial charge in [-0.1, -0.05) is 29.3 Å². The van der Waals surface area contributed by atoms with E-state index in [2.05, 4.69) is 10.7 Å². The number of rotatable bonds is 4. The number of benzene rings is 2. The van der Waals surface area contributed by atoms with Crippen LogP contribution in [0.5, 0.6) is 0 Å². The van der Waals surface area contributed by atoms with Gasteiger partial charge >= 0.3 is 6.03 Å². The Morgan fingerprint density at radius 2 is 1.61 bits per heavy atom. The topological polar surface area (TPSA) is 78.5 Å². The predicted octanol–water partition coefficient (Wildman–Crippen LogP) is 3.01. The molecule has 0 unspecified atom stereocenters. The maximum atomic E-state index is 12.3. The molecule has 0 radical (unpaired) electrons. The molecule has 8 heteroatoms. The van der Waals surface area contributed by atoms with Crippen LogP contribution >= 0.6 is 11.6 Å². The van der Waals surface area contributed by atoms with Gasteiger partial charge in [-0.2, -0.15) is 0 Å². The first-order valence-corrected chi connectivity index (χ1v) is 8.49. The van der Waals surface area contributed by atoms with Crippen molar-refractivity contribution in [3.63, 3.8) is 0 Å². The average molecular weight is 354 g/mol. The minimum absolute atomic E-state index is 0.0948. The molecule has 23 heavy (non-hydrogen) atoms. The van der Waals surface area contributed by atoms with Crippen LogP contribution in [0, 0.1) is 6.92 Å². The average Bonchev–Trinajstić information content (AvgIpc) is 2.50. The number of hydrazine groups is 1. The third-order valence-corrected chi connectivity index (χ3v) is 4.97. The molecule has 0 aromatic heterocycles. The SMILES string of the molecule is Cc1ccc(S(=O)(=O)N(C)NC(=O)Nc2ccc(Cl)cc2)cc1. The highest BCUT2D eigenvalue weighted by Crippen LogP contribution is 2.15. The molecular weight excluding hydrogens is 338 g/mol. The predicted molar refractivity (Wildman–Crippen MR) is 89.7 cm³/mol. The Morgan fingerprint density at radius 1 is 1.04 bits per heavy atom. The number of halogens is 1. The van der Waals surface area contributed by atoms with Crippen LogP contribution in [0.2, 0.25) is 5.02 Å². The largest absolute Gasteiger partial charge is 0.334 e. The van der Waals surface area contributed by atoms with Crippen molar-refractivity contribution in [1.29, 1.82) is 0 Å². The number of nitrogens with one attached hydrogen (secondary N) is 2. The number of hydrogen-bond donors (Lipinski definition) is 2. The molecule has 2 rings (SSSR count). The normalized spacial score (nSPS) is 11.3. The van der Waals surface area contributed by atoms with Crippen LogP contribution in [0.4, 0.5) is 10.5 Å². The van der Waals surface area contributed by atoms with Crippen molar-refractivity contribution in [3.05, 3.63) is 59.1 Å². The zero-order valence-electron chi connectivity index (χ0n) is 12.6. The van der Waals surface area contributed by atoms with E-state index in [1.807, 2.05) is 6.92 Å². The van der Waals surface area contributed by atoms with Crippen LogP contribution in [0.1, 0.15) is 5.56 Å². The number of carbonyl (C=O) groups is 1. The van der Waals surface area contributed by atoms with Gasteiger partial charge in [-0.15, -0.1) is 4.41 Å². The molecule has 0 saturated heterocycles. The molecule has 0 heterocycles. The van der Waals surface area contributed by atoms with Gasteiger partial charge in [-0.25, -0.2) is 13.2 Å². The van der Waals surface area contributed by atoms with Crippen molar-refractivity contribution in [2.75, 3.05) is 12.4 Å². The summed E-state index contributed by atoms with van der Waals surface area (Å²) in [5.74, 6) is 0. The third kappa shape index (κ3) is 4.44. The lowest BCUT2D eigenvalue weighted by Gasteiger charge is -2.18.